The van der Waals surface area contributed by atoms with E-state index >= 15 is 0 Å². The van der Waals surface area contributed by atoms with E-state index in [0.29, 0.717) is 0 Å². The lowest BCUT2D eigenvalue weighted by Crippen LogP contribution is -2.21. The van der Waals surface area contributed by atoms with Crippen molar-refractivity contribution in [1.29, 1.82) is 0 Å². The summed E-state index contributed by atoms with van der Waals surface area (Å²) in [5.74, 6) is -1.15. The maximum atomic E-state index is 12.9. The Hall–Kier alpha value is -2.75. The summed E-state index contributed by atoms with van der Waals surface area (Å²) in [5, 5.41) is 2.42. The third kappa shape index (κ3) is 5.96. The zero-order chi connectivity index (χ0) is 19.4. The van der Waals surface area contributed by atoms with Crippen LogP contribution in [0.3, 0.4) is 0 Å². The molecule has 6 nitrogen and oxygen atoms in total. The summed E-state index contributed by atoms with van der Waals surface area (Å²) < 4.78 is 68.2. The van der Waals surface area contributed by atoms with Crippen molar-refractivity contribution in [2.45, 2.75) is 6.18 Å². The number of amides is 1. The van der Waals surface area contributed by atoms with Gasteiger partial charge in [0.15, 0.2) is 6.61 Å². The number of carbonyl (C=O) groups excluding carboxylic acids is 1. The van der Waals surface area contributed by atoms with E-state index in [1.807, 2.05) is 0 Å². The van der Waals surface area contributed by atoms with Crippen LogP contribution in [0.5, 0.6) is 5.75 Å². The predicted octanol–water partition coefficient (Wildman–Crippen LogP) is 3.09. The molecule has 0 radical (unpaired) electrons. The molecule has 0 aliphatic rings. The number of nitrogens with one attached hydrogen (secondary N) is 2. The number of ether oxygens (including phenoxy) is 1. The molecule has 0 spiro atoms. The minimum absolute atomic E-state index is 0.230. The highest BCUT2D eigenvalue weighted by molar-refractivity contribution is 7.92. The minimum atomic E-state index is -4.60. The molecule has 0 aliphatic carbocycles. The largest absolute Gasteiger partial charge is 0.483 e. The van der Waals surface area contributed by atoms with Gasteiger partial charge in [0.05, 0.1) is 17.5 Å². The number of halogens is 3. The fraction of sp³-hybridized carbons (Fsp3) is 0.188. The van der Waals surface area contributed by atoms with E-state index in [0.717, 1.165) is 18.4 Å². The van der Waals surface area contributed by atoms with E-state index in [-0.39, 0.29) is 11.4 Å². The normalized spacial score (nSPS) is 11.7. The SMILES string of the molecule is CS(=O)(=O)Nc1cccc(NC(=O)COc2ccccc2C(F)(F)F)c1. The van der Waals surface area contributed by atoms with Crippen molar-refractivity contribution in [2.75, 3.05) is 22.9 Å². The first-order valence-electron chi connectivity index (χ1n) is 7.21. The molecule has 0 aliphatic heterocycles. The summed E-state index contributed by atoms with van der Waals surface area (Å²) in [7, 11) is -3.48. The summed E-state index contributed by atoms with van der Waals surface area (Å²) in [5.41, 5.74) is -0.489. The molecule has 2 aromatic rings. The molecule has 2 N–H and O–H groups in total. The van der Waals surface area contributed by atoms with Crippen LogP contribution in [0.25, 0.3) is 0 Å². The van der Waals surface area contributed by atoms with Crippen LogP contribution in [0, 0.1) is 0 Å². The number of benzene rings is 2. The number of anilines is 2. The van der Waals surface area contributed by atoms with E-state index in [1.54, 1.807) is 0 Å². The van der Waals surface area contributed by atoms with Gasteiger partial charge in [-0.15, -0.1) is 0 Å². The Balaban J connectivity index is 2.01. The first-order chi connectivity index (χ1) is 12.0. The van der Waals surface area contributed by atoms with Crippen LogP contribution in [0.15, 0.2) is 48.5 Å². The Morgan fingerprint density at radius 3 is 2.38 bits per heavy atom. The lowest BCUT2D eigenvalue weighted by atomic mass is 10.2. The van der Waals surface area contributed by atoms with Gasteiger partial charge in [0.25, 0.3) is 5.91 Å². The fourth-order valence-corrected chi connectivity index (χ4v) is 2.60. The van der Waals surface area contributed by atoms with Crippen molar-refractivity contribution >= 4 is 27.3 Å². The molecule has 0 fully saturated rings. The third-order valence-corrected chi connectivity index (χ3v) is 3.61. The molecule has 0 aromatic heterocycles. The molecule has 10 heteroatoms. The first-order valence-corrected chi connectivity index (χ1v) is 9.10. The molecule has 1 amide bonds. The van der Waals surface area contributed by atoms with E-state index in [9.17, 15) is 26.4 Å². The molecule has 0 bridgehead atoms. The zero-order valence-electron chi connectivity index (χ0n) is 13.5. The van der Waals surface area contributed by atoms with Gasteiger partial charge >= 0.3 is 6.18 Å². The lowest BCUT2D eigenvalue weighted by molar-refractivity contribution is -0.139. The molecule has 0 atom stereocenters. The van der Waals surface area contributed by atoms with Crippen LogP contribution in [0.4, 0.5) is 24.5 Å². The van der Waals surface area contributed by atoms with E-state index in [1.165, 1.54) is 36.4 Å². The number of carbonyl (C=O) groups is 1. The molecule has 0 saturated carbocycles. The second-order valence-corrected chi connectivity index (χ2v) is 7.03. The van der Waals surface area contributed by atoms with Gasteiger partial charge in [-0.2, -0.15) is 13.2 Å². The van der Waals surface area contributed by atoms with E-state index in [4.69, 9.17) is 4.74 Å². The first kappa shape index (κ1) is 19.6. The molecular formula is C16H15F3N2O4S. The molecule has 0 unspecified atom stereocenters. The highest BCUT2D eigenvalue weighted by Gasteiger charge is 2.34. The van der Waals surface area contributed by atoms with Gasteiger partial charge in [-0.05, 0) is 30.3 Å². The van der Waals surface area contributed by atoms with Crippen molar-refractivity contribution in [3.63, 3.8) is 0 Å². The number of para-hydroxylation sites is 1. The zero-order valence-corrected chi connectivity index (χ0v) is 14.3. The second kappa shape index (κ2) is 7.65. The van der Waals surface area contributed by atoms with Gasteiger partial charge in [0.2, 0.25) is 10.0 Å². The van der Waals surface area contributed by atoms with Gasteiger partial charge in [0, 0.05) is 5.69 Å². The van der Waals surface area contributed by atoms with Crippen LogP contribution < -0.4 is 14.8 Å². The molecule has 0 saturated heterocycles. The third-order valence-electron chi connectivity index (χ3n) is 3.00. The Morgan fingerprint density at radius 2 is 1.73 bits per heavy atom. The Morgan fingerprint density at radius 1 is 1.08 bits per heavy atom. The summed E-state index contributed by atoms with van der Waals surface area (Å²) >= 11 is 0. The maximum Gasteiger partial charge on any atom is 0.419 e. The average molecular weight is 388 g/mol. The summed E-state index contributed by atoms with van der Waals surface area (Å²) in [6, 6.07) is 10.4. The molecule has 2 aromatic carbocycles. The van der Waals surface area contributed by atoms with Crippen molar-refractivity contribution in [1.82, 2.24) is 0 Å². The highest BCUT2D eigenvalue weighted by Crippen LogP contribution is 2.35. The monoisotopic (exact) mass is 388 g/mol. The Kier molecular flexibility index (Phi) is 5.76. The Labute approximate surface area is 148 Å². The summed E-state index contributed by atoms with van der Waals surface area (Å²) in [4.78, 5) is 11.9. The van der Waals surface area contributed by atoms with Gasteiger partial charge < -0.3 is 10.1 Å². The minimum Gasteiger partial charge on any atom is -0.483 e. The number of alkyl halides is 3. The van der Waals surface area contributed by atoms with Gasteiger partial charge in [0.1, 0.15) is 5.75 Å². The van der Waals surface area contributed by atoms with E-state index < -0.39 is 40.0 Å². The lowest BCUT2D eigenvalue weighted by Gasteiger charge is -2.14. The molecule has 26 heavy (non-hydrogen) atoms. The van der Waals surface area contributed by atoms with Gasteiger partial charge in [-0.1, -0.05) is 18.2 Å². The molecule has 2 rings (SSSR count). The smallest absolute Gasteiger partial charge is 0.419 e. The van der Waals surface area contributed by atoms with Crippen molar-refractivity contribution < 1.29 is 31.1 Å². The highest BCUT2D eigenvalue weighted by atomic mass is 32.2. The van der Waals surface area contributed by atoms with Crippen LogP contribution >= 0.6 is 0 Å². The van der Waals surface area contributed by atoms with Gasteiger partial charge in [-0.3, -0.25) is 9.52 Å². The quantitative estimate of drug-likeness (QED) is 0.797. The van der Waals surface area contributed by atoms with Crippen LogP contribution in [-0.2, 0) is 21.0 Å². The number of rotatable bonds is 6. The van der Waals surface area contributed by atoms with Crippen LogP contribution in [0.1, 0.15) is 5.56 Å². The van der Waals surface area contributed by atoms with Crippen molar-refractivity contribution in [3.8, 4) is 5.75 Å². The fourth-order valence-electron chi connectivity index (χ4n) is 2.04. The maximum absolute atomic E-state index is 12.9. The molecular weight excluding hydrogens is 373 g/mol. The Bertz CT molecular complexity index is 898. The molecule has 140 valence electrons. The summed E-state index contributed by atoms with van der Waals surface area (Å²) in [6.07, 6.45) is -3.62. The van der Waals surface area contributed by atoms with Crippen LogP contribution in [0.2, 0.25) is 0 Å². The number of hydrogen-bond acceptors (Lipinski definition) is 4. The molecule has 0 heterocycles. The summed E-state index contributed by atoms with van der Waals surface area (Å²) in [6.45, 7) is -0.642. The van der Waals surface area contributed by atoms with Crippen molar-refractivity contribution in [2.24, 2.45) is 0 Å². The second-order valence-electron chi connectivity index (χ2n) is 5.29. The van der Waals surface area contributed by atoms with Crippen LogP contribution in [-0.4, -0.2) is 27.2 Å². The topological polar surface area (TPSA) is 84.5 Å². The average Bonchev–Trinajstić information content (AvgIpc) is 2.51. The standard InChI is InChI=1S/C16H15F3N2O4S/c1-26(23,24)21-12-6-4-5-11(9-12)20-15(22)10-25-14-8-3-2-7-13(14)16(17,18)19/h2-9,21H,10H2,1H3,(H,20,22). The van der Waals surface area contributed by atoms with Crippen molar-refractivity contribution in [3.05, 3.63) is 54.1 Å². The predicted molar refractivity (Wildman–Crippen MR) is 90.5 cm³/mol. The van der Waals surface area contributed by atoms with E-state index in [2.05, 4.69) is 10.0 Å². The number of sulfonamides is 1. The van der Waals surface area contributed by atoms with Gasteiger partial charge in [-0.25, -0.2) is 8.42 Å². The number of hydrogen-bond donors (Lipinski definition) is 2.